The second kappa shape index (κ2) is 5.79. The van der Waals surface area contributed by atoms with E-state index in [-0.39, 0.29) is 5.41 Å². The highest BCUT2D eigenvalue weighted by Gasteiger charge is 2.23. The van der Waals surface area contributed by atoms with Crippen molar-refractivity contribution >= 4 is 5.88 Å². The van der Waals surface area contributed by atoms with Crippen molar-refractivity contribution in [1.82, 2.24) is 4.98 Å². The molecule has 0 saturated heterocycles. The van der Waals surface area contributed by atoms with E-state index in [1.165, 1.54) is 5.56 Å². The van der Waals surface area contributed by atoms with Crippen LogP contribution in [0.2, 0.25) is 0 Å². The van der Waals surface area contributed by atoms with E-state index in [0.29, 0.717) is 24.0 Å². The molecule has 0 radical (unpaired) electrons. The summed E-state index contributed by atoms with van der Waals surface area (Å²) in [6.45, 7) is 6.73. The Hall–Kier alpha value is -2.28. The maximum absolute atomic E-state index is 9.10. The largest absolute Gasteiger partial charge is 0.423 e. The summed E-state index contributed by atoms with van der Waals surface area (Å²) >= 11 is 0. The Labute approximate surface area is 119 Å². The Kier molecular flexibility index (Phi) is 4.09. The summed E-state index contributed by atoms with van der Waals surface area (Å²) in [4.78, 5) is 4.24. The molecular formula is C16H19N3O. The number of hydrogen-bond donors (Lipinski definition) is 1. The third kappa shape index (κ3) is 3.39. The van der Waals surface area contributed by atoms with Gasteiger partial charge in [0.05, 0.1) is 0 Å². The molecule has 1 aromatic heterocycles. The van der Waals surface area contributed by atoms with Gasteiger partial charge in [-0.25, -0.2) is 0 Å². The third-order valence-electron chi connectivity index (χ3n) is 2.92. The molecule has 0 amide bonds. The predicted octanol–water partition coefficient (Wildman–Crippen LogP) is 3.50. The van der Waals surface area contributed by atoms with Crippen LogP contribution < -0.4 is 5.32 Å². The molecule has 0 unspecified atom stereocenters. The third-order valence-corrected chi connectivity index (χ3v) is 2.92. The van der Waals surface area contributed by atoms with E-state index >= 15 is 0 Å². The van der Waals surface area contributed by atoms with Gasteiger partial charge in [-0.05, 0) is 12.0 Å². The molecule has 0 aliphatic carbocycles. The molecule has 2 rings (SSSR count). The molecule has 0 atom stereocenters. The van der Waals surface area contributed by atoms with Crippen LogP contribution in [0.15, 0.2) is 34.7 Å². The van der Waals surface area contributed by atoms with Crippen molar-refractivity contribution in [2.24, 2.45) is 0 Å². The van der Waals surface area contributed by atoms with Crippen LogP contribution in [0.5, 0.6) is 0 Å². The maximum Gasteiger partial charge on any atom is 0.232 e. The molecule has 0 spiro atoms. The molecule has 0 bridgehead atoms. The molecule has 1 heterocycles. The summed E-state index contributed by atoms with van der Waals surface area (Å²) in [5, 5.41) is 12.3. The molecule has 1 N–H and O–H groups in total. The second-order valence-corrected chi connectivity index (χ2v) is 5.72. The predicted molar refractivity (Wildman–Crippen MR) is 78.6 cm³/mol. The van der Waals surface area contributed by atoms with E-state index in [0.717, 1.165) is 6.42 Å². The van der Waals surface area contributed by atoms with Gasteiger partial charge in [0.25, 0.3) is 0 Å². The first-order chi connectivity index (χ1) is 9.50. The lowest BCUT2D eigenvalue weighted by atomic mass is 9.97. The minimum Gasteiger partial charge on any atom is -0.423 e. The molecule has 0 fully saturated rings. The van der Waals surface area contributed by atoms with Crippen LogP contribution >= 0.6 is 0 Å². The first-order valence-electron chi connectivity index (χ1n) is 6.70. The van der Waals surface area contributed by atoms with Crippen LogP contribution in [0.25, 0.3) is 0 Å². The molecule has 20 heavy (non-hydrogen) atoms. The maximum atomic E-state index is 9.10. The van der Waals surface area contributed by atoms with Gasteiger partial charge in [0.15, 0.2) is 0 Å². The van der Waals surface area contributed by atoms with Crippen molar-refractivity contribution < 1.29 is 4.42 Å². The number of benzene rings is 1. The number of oxazole rings is 1. The van der Waals surface area contributed by atoms with Crippen molar-refractivity contribution in [2.75, 3.05) is 11.9 Å². The Bertz CT molecular complexity index is 603. The minimum atomic E-state index is -0.203. The Morgan fingerprint density at radius 3 is 2.55 bits per heavy atom. The summed E-state index contributed by atoms with van der Waals surface area (Å²) in [6.07, 6.45) is 0.872. The van der Waals surface area contributed by atoms with E-state index in [2.05, 4.69) is 28.5 Å². The molecule has 0 saturated carbocycles. The van der Waals surface area contributed by atoms with Crippen LogP contribution in [-0.4, -0.2) is 11.5 Å². The van der Waals surface area contributed by atoms with Gasteiger partial charge < -0.3 is 9.73 Å². The van der Waals surface area contributed by atoms with Gasteiger partial charge >= 0.3 is 0 Å². The lowest BCUT2D eigenvalue weighted by Gasteiger charge is -2.12. The summed E-state index contributed by atoms with van der Waals surface area (Å²) < 4.78 is 5.66. The second-order valence-electron chi connectivity index (χ2n) is 5.72. The van der Waals surface area contributed by atoms with Crippen LogP contribution in [0, 0.1) is 11.3 Å². The smallest absolute Gasteiger partial charge is 0.232 e. The molecule has 4 heteroatoms. The molecular weight excluding hydrogens is 250 g/mol. The van der Waals surface area contributed by atoms with Gasteiger partial charge in [0.1, 0.15) is 6.07 Å². The summed E-state index contributed by atoms with van der Waals surface area (Å²) in [7, 11) is 0. The monoisotopic (exact) mass is 269 g/mol. The zero-order valence-corrected chi connectivity index (χ0v) is 12.1. The summed E-state index contributed by atoms with van der Waals surface area (Å²) in [5.41, 5.74) is 1.36. The molecule has 104 valence electrons. The fraction of sp³-hybridized carbons (Fsp3) is 0.375. The quantitative estimate of drug-likeness (QED) is 0.922. The van der Waals surface area contributed by atoms with E-state index in [4.69, 9.17) is 9.68 Å². The van der Waals surface area contributed by atoms with Crippen molar-refractivity contribution in [3.8, 4) is 6.07 Å². The number of aromatic nitrogens is 1. The van der Waals surface area contributed by atoms with Crippen LogP contribution in [0.3, 0.4) is 0 Å². The minimum absolute atomic E-state index is 0.203. The fourth-order valence-electron chi connectivity index (χ4n) is 1.80. The number of nitrogens with zero attached hydrogens (tertiary/aromatic N) is 2. The van der Waals surface area contributed by atoms with Gasteiger partial charge in [-0.2, -0.15) is 10.2 Å². The van der Waals surface area contributed by atoms with Gasteiger partial charge in [-0.1, -0.05) is 51.1 Å². The van der Waals surface area contributed by atoms with Crippen LogP contribution in [-0.2, 0) is 11.8 Å². The molecule has 2 aromatic rings. The van der Waals surface area contributed by atoms with E-state index in [1.807, 2.05) is 39.0 Å². The number of hydrogen-bond acceptors (Lipinski definition) is 4. The standard InChI is InChI=1S/C16H19N3O/c1-16(2,3)15-19-13(11-17)14(20-15)18-10-9-12-7-5-4-6-8-12/h4-8,18H,9-10H2,1-3H3. The van der Waals surface area contributed by atoms with Gasteiger partial charge in [0, 0.05) is 12.0 Å². The van der Waals surface area contributed by atoms with Gasteiger partial charge in [-0.3, -0.25) is 0 Å². The average molecular weight is 269 g/mol. The van der Waals surface area contributed by atoms with Crippen molar-refractivity contribution in [1.29, 1.82) is 5.26 Å². The number of nitrogens with one attached hydrogen (secondary N) is 1. The van der Waals surface area contributed by atoms with Crippen molar-refractivity contribution in [3.63, 3.8) is 0 Å². The summed E-state index contributed by atoms with van der Waals surface area (Å²) in [5.74, 6) is 1.05. The number of anilines is 1. The Morgan fingerprint density at radius 1 is 1.25 bits per heavy atom. The number of rotatable bonds is 4. The normalized spacial score (nSPS) is 11.1. The SMILES string of the molecule is CC(C)(C)c1nc(C#N)c(NCCc2ccccc2)o1. The highest BCUT2D eigenvalue weighted by molar-refractivity contribution is 5.45. The first-order valence-corrected chi connectivity index (χ1v) is 6.70. The fourth-order valence-corrected chi connectivity index (χ4v) is 1.80. The lowest BCUT2D eigenvalue weighted by Crippen LogP contribution is -2.11. The topological polar surface area (TPSA) is 61.9 Å². The van der Waals surface area contributed by atoms with Gasteiger partial charge in [-0.15, -0.1) is 0 Å². The molecule has 0 aliphatic rings. The van der Waals surface area contributed by atoms with Crippen molar-refractivity contribution in [2.45, 2.75) is 32.6 Å². The van der Waals surface area contributed by atoms with E-state index < -0.39 is 0 Å². The van der Waals surface area contributed by atoms with Crippen molar-refractivity contribution in [3.05, 3.63) is 47.5 Å². The van der Waals surface area contributed by atoms with E-state index in [9.17, 15) is 0 Å². The van der Waals surface area contributed by atoms with Crippen LogP contribution in [0.4, 0.5) is 5.88 Å². The highest BCUT2D eigenvalue weighted by atomic mass is 16.4. The Balaban J connectivity index is 2.03. The summed E-state index contributed by atoms with van der Waals surface area (Å²) in [6, 6.07) is 12.3. The Morgan fingerprint density at radius 2 is 1.95 bits per heavy atom. The van der Waals surface area contributed by atoms with Gasteiger partial charge in [0.2, 0.25) is 17.5 Å². The average Bonchev–Trinajstić information content (AvgIpc) is 2.83. The molecule has 0 aliphatic heterocycles. The van der Waals surface area contributed by atoms with Crippen LogP contribution in [0.1, 0.15) is 37.9 Å². The first kappa shape index (κ1) is 14.1. The zero-order chi connectivity index (χ0) is 14.6. The molecule has 1 aromatic carbocycles. The zero-order valence-electron chi connectivity index (χ0n) is 12.1. The number of nitriles is 1. The highest BCUT2D eigenvalue weighted by Crippen LogP contribution is 2.26. The molecule has 4 nitrogen and oxygen atoms in total. The van der Waals surface area contributed by atoms with E-state index in [1.54, 1.807) is 0 Å². The lowest BCUT2D eigenvalue weighted by molar-refractivity contribution is 0.399.